The number of hydrogen-bond acceptors (Lipinski definition) is 5. The molecule has 0 N–H and O–H groups in total. The zero-order valence-corrected chi connectivity index (χ0v) is 19.9. The molecule has 1 aliphatic rings. The fourth-order valence-corrected chi connectivity index (χ4v) is 5.60. The van der Waals surface area contributed by atoms with Crippen LogP contribution in [0.3, 0.4) is 0 Å². The van der Waals surface area contributed by atoms with Crippen molar-refractivity contribution in [3.63, 3.8) is 0 Å². The number of sulfonamides is 1. The van der Waals surface area contributed by atoms with E-state index in [4.69, 9.17) is 11.6 Å². The molecule has 176 valence electrons. The molecule has 0 radical (unpaired) electrons. The lowest BCUT2D eigenvalue weighted by Crippen LogP contribution is -2.36. The van der Waals surface area contributed by atoms with Crippen molar-refractivity contribution in [2.24, 2.45) is 0 Å². The topological polar surface area (TPSA) is 101 Å². The van der Waals surface area contributed by atoms with E-state index in [9.17, 15) is 23.3 Å². The molecule has 8 nitrogen and oxygen atoms in total. The summed E-state index contributed by atoms with van der Waals surface area (Å²) in [6.07, 6.45) is 0.626. The second-order valence-electron chi connectivity index (χ2n) is 8.08. The van der Waals surface area contributed by atoms with Crippen molar-refractivity contribution in [1.82, 2.24) is 9.21 Å². The van der Waals surface area contributed by atoms with Crippen LogP contribution in [-0.4, -0.2) is 42.0 Å². The number of non-ortho nitro benzene ring substituents is 1. The predicted octanol–water partition coefficient (Wildman–Crippen LogP) is 4.27. The Labute approximate surface area is 202 Å². The molecule has 0 atom stereocenters. The molecule has 0 unspecified atom stereocenters. The van der Waals surface area contributed by atoms with Crippen LogP contribution in [0.4, 0.5) is 5.69 Å². The molecule has 0 bridgehead atoms. The second-order valence-corrected chi connectivity index (χ2v) is 10.4. The van der Waals surface area contributed by atoms with Gasteiger partial charge in [0.05, 0.1) is 9.82 Å². The molecule has 0 aliphatic carbocycles. The number of hydrogen-bond donors (Lipinski definition) is 0. The summed E-state index contributed by atoms with van der Waals surface area (Å²) in [5, 5.41) is 11.4. The number of carbonyl (C=O) groups excluding carboxylic acids is 1. The Balaban J connectivity index is 1.55. The van der Waals surface area contributed by atoms with Crippen molar-refractivity contribution in [2.45, 2.75) is 24.4 Å². The SMILES string of the molecule is CN(Cc1cc([N+](=O)[O-])ccc1Cl)C(=O)c1cccc(S(=O)(=O)N2CCc3ccccc3C2)c1. The van der Waals surface area contributed by atoms with Gasteiger partial charge in [0.1, 0.15) is 0 Å². The summed E-state index contributed by atoms with van der Waals surface area (Å²) in [6.45, 7) is 0.670. The summed E-state index contributed by atoms with van der Waals surface area (Å²) >= 11 is 6.16. The van der Waals surface area contributed by atoms with Gasteiger partial charge in [-0.2, -0.15) is 4.31 Å². The lowest BCUT2D eigenvalue weighted by atomic mass is 10.0. The zero-order chi connectivity index (χ0) is 24.5. The number of fused-ring (bicyclic) bond motifs is 1. The number of rotatable bonds is 6. The Kier molecular flexibility index (Phi) is 6.70. The third-order valence-electron chi connectivity index (χ3n) is 5.81. The monoisotopic (exact) mass is 499 g/mol. The molecule has 0 saturated carbocycles. The Morgan fingerprint density at radius 2 is 1.82 bits per heavy atom. The van der Waals surface area contributed by atoms with Crippen LogP contribution in [0.25, 0.3) is 0 Å². The van der Waals surface area contributed by atoms with Crippen molar-refractivity contribution in [2.75, 3.05) is 13.6 Å². The number of nitro benzene ring substituents is 1. The van der Waals surface area contributed by atoms with E-state index in [-0.39, 0.29) is 29.2 Å². The quantitative estimate of drug-likeness (QED) is 0.372. The van der Waals surface area contributed by atoms with Crippen molar-refractivity contribution in [1.29, 1.82) is 0 Å². The first-order chi connectivity index (χ1) is 16.2. The van der Waals surface area contributed by atoms with Crippen molar-refractivity contribution < 1.29 is 18.1 Å². The molecule has 0 fully saturated rings. The molecule has 10 heteroatoms. The largest absolute Gasteiger partial charge is 0.337 e. The normalized spacial score (nSPS) is 13.8. The molecule has 34 heavy (non-hydrogen) atoms. The van der Waals surface area contributed by atoms with Crippen LogP contribution in [-0.2, 0) is 29.5 Å². The average Bonchev–Trinajstić information content (AvgIpc) is 2.84. The maximum absolute atomic E-state index is 13.3. The van der Waals surface area contributed by atoms with Crippen molar-refractivity contribution >= 4 is 33.2 Å². The van der Waals surface area contributed by atoms with Gasteiger partial charge in [-0.3, -0.25) is 14.9 Å². The van der Waals surface area contributed by atoms with E-state index in [2.05, 4.69) is 0 Å². The lowest BCUT2D eigenvalue weighted by Gasteiger charge is -2.28. The Morgan fingerprint density at radius 1 is 1.09 bits per heavy atom. The summed E-state index contributed by atoms with van der Waals surface area (Å²) in [4.78, 5) is 24.9. The van der Waals surface area contributed by atoms with Gasteiger partial charge in [-0.25, -0.2) is 8.42 Å². The molecule has 3 aromatic rings. The molecule has 1 amide bonds. The molecular formula is C24H22ClN3O5S. The number of benzene rings is 3. The van der Waals surface area contributed by atoms with E-state index in [1.165, 1.54) is 52.7 Å². The summed E-state index contributed by atoms with van der Waals surface area (Å²) in [5.74, 6) is -0.427. The van der Waals surface area contributed by atoms with Gasteiger partial charge in [-0.1, -0.05) is 41.9 Å². The molecular weight excluding hydrogens is 478 g/mol. The average molecular weight is 500 g/mol. The van der Waals surface area contributed by atoms with E-state index in [0.29, 0.717) is 23.6 Å². The summed E-state index contributed by atoms with van der Waals surface area (Å²) in [6, 6.07) is 17.7. The number of nitro groups is 1. The number of halogens is 1. The van der Waals surface area contributed by atoms with Gasteiger partial charge in [-0.05, 0) is 47.4 Å². The fraction of sp³-hybridized carbons (Fsp3) is 0.208. The van der Waals surface area contributed by atoms with Crippen LogP contribution in [0.1, 0.15) is 27.0 Å². The second kappa shape index (κ2) is 9.54. The van der Waals surface area contributed by atoms with E-state index in [1.807, 2.05) is 24.3 Å². The molecule has 4 rings (SSSR count). The highest BCUT2D eigenvalue weighted by atomic mass is 35.5. The van der Waals surface area contributed by atoms with Gasteiger partial charge < -0.3 is 4.90 Å². The zero-order valence-electron chi connectivity index (χ0n) is 18.3. The third kappa shape index (κ3) is 4.82. The van der Waals surface area contributed by atoms with E-state index < -0.39 is 20.9 Å². The highest BCUT2D eigenvalue weighted by Gasteiger charge is 2.29. The number of amides is 1. The third-order valence-corrected chi connectivity index (χ3v) is 8.02. The number of carbonyl (C=O) groups is 1. The molecule has 1 heterocycles. The lowest BCUT2D eigenvalue weighted by molar-refractivity contribution is -0.384. The molecule has 0 spiro atoms. The molecule has 0 aromatic heterocycles. The molecule has 1 aliphatic heterocycles. The summed E-state index contributed by atoms with van der Waals surface area (Å²) in [7, 11) is -2.27. The number of nitrogens with zero attached hydrogens (tertiary/aromatic N) is 3. The summed E-state index contributed by atoms with van der Waals surface area (Å²) < 4.78 is 28.0. The minimum Gasteiger partial charge on any atom is -0.337 e. The van der Waals surface area contributed by atoms with E-state index in [1.54, 1.807) is 6.07 Å². The standard InChI is InChI=1S/C24H22ClN3O5S/c1-26(15-20-13-21(28(30)31)9-10-23(20)25)24(29)18-7-4-8-22(14-18)34(32,33)27-12-11-17-5-2-3-6-19(17)16-27/h2-10,13-14H,11-12,15-16H2,1H3. The first-order valence-electron chi connectivity index (χ1n) is 10.5. The first-order valence-corrected chi connectivity index (χ1v) is 12.3. The summed E-state index contributed by atoms with van der Waals surface area (Å²) in [5.41, 5.74) is 2.60. The van der Waals surface area contributed by atoms with Crippen LogP contribution in [0.2, 0.25) is 5.02 Å². The van der Waals surface area contributed by atoms with Crippen LogP contribution < -0.4 is 0 Å². The maximum Gasteiger partial charge on any atom is 0.269 e. The fourth-order valence-electron chi connectivity index (χ4n) is 3.96. The molecule has 3 aromatic carbocycles. The minimum absolute atomic E-state index is 0.0270. The van der Waals surface area contributed by atoms with Gasteiger partial charge in [0.25, 0.3) is 11.6 Å². The van der Waals surface area contributed by atoms with Crippen LogP contribution in [0.5, 0.6) is 0 Å². The Morgan fingerprint density at radius 3 is 2.56 bits per heavy atom. The van der Waals surface area contributed by atoms with Gasteiger partial charge in [-0.15, -0.1) is 0 Å². The highest BCUT2D eigenvalue weighted by molar-refractivity contribution is 7.89. The first kappa shape index (κ1) is 23.9. The van der Waals surface area contributed by atoms with Crippen LogP contribution >= 0.6 is 11.6 Å². The van der Waals surface area contributed by atoms with Gasteiger partial charge in [0.15, 0.2) is 0 Å². The minimum atomic E-state index is -3.80. The van der Waals surface area contributed by atoms with Crippen molar-refractivity contribution in [3.8, 4) is 0 Å². The highest BCUT2D eigenvalue weighted by Crippen LogP contribution is 2.27. The Bertz CT molecular complexity index is 1380. The van der Waals surface area contributed by atoms with Crippen molar-refractivity contribution in [3.05, 3.63) is 104 Å². The van der Waals surface area contributed by atoms with Gasteiger partial charge in [0, 0.05) is 49.4 Å². The smallest absolute Gasteiger partial charge is 0.269 e. The van der Waals surface area contributed by atoms with E-state index in [0.717, 1.165) is 11.1 Å². The van der Waals surface area contributed by atoms with E-state index >= 15 is 0 Å². The Hall–Kier alpha value is -3.27. The maximum atomic E-state index is 13.3. The van der Waals surface area contributed by atoms with Gasteiger partial charge in [0.2, 0.25) is 10.0 Å². The predicted molar refractivity (Wildman–Crippen MR) is 128 cm³/mol. The van der Waals surface area contributed by atoms with Crippen LogP contribution in [0.15, 0.2) is 71.6 Å². The van der Waals surface area contributed by atoms with Crippen LogP contribution in [0, 0.1) is 10.1 Å². The van der Waals surface area contributed by atoms with Gasteiger partial charge >= 0.3 is 0 Å². The molecule has 0 saturated heterocycles.